The number of fused-ring (bicyclic) bond motifs is 4. The molecule has 4 heterocycles. The maximum absolute atomic E-state index is 14.5. The van der Waals surface area contributed by atoms with Gasteiger partial charge in [-0.05, 0) is 63.9 Å². The normalized spacial score (nSPS) is 17.3. The summed E-state index contributed by atoms with van der Waals surface area (Å²) >= 11 is 6.44. The third kappa shape index (κ3) is 3.73. The number of methoxy groups -OCH3 is 1. The molecule has 0 saturated heterocycles. The van der Waals surface area contributed by atoms with E-state index in [4.69, 9.17) is 26.1 Å². The fourth-order valence-electron chi connectivity index (χ4n) is 5.83. The smallest absolute Gasteiger partial charge is 0.319 e. The number of hydrogen-bond donors (Lipinski definition) is 1. The molecule has 11 heteroatoms. The molecular formula is C30H29ClN6O4. The molecule has 0 saturated carbocycles. The van der Waals surface area contributed by atoms with Crippen molar-refractivity contribution in [3.05, 3.63) is 75.7 Å². The van der Waals surface area contributed by atoms with Gasteiger partial charge in [0, 0.05) is 28.5 Å². The minimum atomic E-state index is -1.54. The Labute approximate surface area is 242 Å². The predicted octanol–water partition coefficient (Wildman–Crippen LogP) is 5.45. The summed E-state index contributed by atoms with van der Waals surface area (Å²) in [5.41, 5.74) is 3.14. The van der Waals surface area contributed by atoms with Crippen LogP contribution in [0, 0.1) is 13.8 Å². The molecule has 2 aliphatic rings. The molecule has 0 aliphatic carbocycles. The number of rotatable bonds is 6. The fraction of sp³-hybridized carbons (Fsp3) is 0.300. The molecule has 0 fully saturated rings. The minimum Gasteiger partial charge on any atom is -0.480 e. The first-order valence-electron chi connectivity index (χ1n) is 13.3. The van der Waals surface area contributed by atoms with E-state index in [1.165, 1.54) is 12.0 Å². The highest BCUT2D eigenvalue weighted by Gasteiger charge is 2.64. The third-order valence-corrected chi connectivity index (χ3v) is 7.74. The van der Waals surface area contributed by atoms with Gasteiger partial charge >= 0.3 is 6.01 Å². The molecule has 1 atom stereocenters. The summed E-state index contributed by atoms with van der Waals surface area (Å²) < 4.78 is 13.0. The second-order valence-electron chi connectivity index (χ2n) is 10.4. The van der Waals surface area contributed by atoms with E-state index in [2.05, 4.69) is 15.3 Å². The van der Waals surface area contributed by atoms with Gasteiger partial charge in [-0.3, -0.25) is 14.5 Å². The molecule has 0 bridgehead atoms. The number of benzene rings is 2. The van der Waals surface area contributed by atoms with E-state index < -0.39 is 11.4 Å². The van der Waals surface area contributed by atoms with E-state index in [1.54, 1.807) is 18.3 Å². The molecule has 2 aromatic carbocycles. The maximum atomic E-state index is 14.5. The maximum Gasteiger partial charge on any atom is 0.319 e. The van der Waals surface area contributed by atoms with Crippen molar-refractivity contribution in [2.24, 2.45) is 0 Å². The lowest BCUT2D eigenvalue weighted by atomic mass is 9.86. The van der Waals surface area contributed by atoms with E-state index in [9.17, 15) is 9.59 Å². The van der Waals surface area contributed by atoms with Gasteiger partial charge in [-0.2, -0.15) is 4.98 Å². The van der Waals surface area contributed by atoms with Gasteiger partial charge in [-0.1, -0.05) is 29.8 Å². The van der Waals surface area contributed by atoms with Crippen LogP contribution in [-0.4, -0.2) is 45.1 Å². The summed E-state index contributed by atoms with van der Waals surface area (Å²) in [4.78, 5) is 44.0. The Morgan fingerprint density at radius 1 is 1.10 bits per heavy atom. The van der Waals surface area contributed by atoms with Crippen LogP contribution in [0.1, 0.15) is 59.7 Å². The Hall–Kier alpha value is -4.44. The first-order chi connectivity index (χ1) is 19.6. The quantitative estimate of drug-likeness (QED) is 0.327. The van der Waals surface area contributed by atoms with Gasteiger partial charge in [0.25, 0.3) is 11.8 Å². The van der Waals surface area contributed by atoms with Crippen molar-refractivity contribution in [1.82, 2.24) is 19.5 Å². The second-order valence-corrected chi connectivity index (χ2v) is 10.8. The van der Waals surface area contributed by atoms with Crippen molar-refractivity contribution >= 4 is 34.8 Å². The lowest BCUT2D eigenvalue weighted by Gasteiger charge is -2.36. The van der Waals surface area contributed by atoms with Crippen LogP contribution in [0.2, 0.25) is 5.02 Å². The van der Waals surface area contributed by atoms with Crippen molar-refractivity contribution in [2.45, 2.75) is 46.2 Å². The molecular weight excluding hydrogens is 544 g/mol. The largest absolute Gasteiger partial charge is 0.480 e. The highest BCUT2D eigenvalue weighted by Crippen LogP contribution is 2.55. The summed E-state index contributed by atoms with van der Waals surface area (Å²) in [7, 11) is 1.50. The third-order valence-electron chi connectivity index (χ3n) is 7.50. The van der Waals surface area contributed by atoms with Crippen molar-refractivity contribution in [3.63, 3.8) is 0 Å². The van der Waals surface area contributed by atoms with Gasteiger partial charge < -0.3 is 19.4 Å². The van der Waals surface area contributed by atoms with Crippen molar-refractivity contribution in [2.75, 3.05) is 23.9 Å². The minimum absolute atomic E-state index is 0.160. The van der Waals surface area contributed by atoms with Crippen LogP contribution in [0.4, 0.5) is 11.4 Å². The first-order valence-corrected chi connectivity index (χ1v) is 13.7. The summed E-state index contributed by atoms with van der Waals surface area (Å²) in [5, 5.41) is 3.50. The zero-order chi connectivity index (χ0) is 29.2. The van der Waals surface area contributed by atoms with Crippen LogP contribution < -0.4 is 19.7 Å². The molecule has 2 aromatic heterocycles. The summed E-state index contributed by atoms with van der Waals surface area (Å²) in [6.45, 7) is 10.0. The number of aromatic nitrogens is 4. The van der Waals surface area contributed by atoms with Crippen LogP contribution in [-0.2, 0) is 10.3 Å². The van der Waals surface area contributed by atoms with E-state index >= 15 is 0 Å². The van der Waals surface area contributed by atoms with Gasteiger partial charge in [-0.25, -0.2) is 9.97 Å². The number of aryl methyl sites for hydroxylation is 2. The zero-order valence-electron chi connectivity index (χ0n) is 23.6. The van der Waals surface area contributed by atoms with Crippen LogP contribution in [0.5, 0.6) is 11.9 Å². The Balaban J connectivity index is 1.70. The predicted molar refractivity (Wildman–Crippen MR) is 155 cm³/mol. The number of halogens is 1. The lowest BCUT2D eigenvalue weighted by molar-refractivity contribution is -0.119. The van der Waals surface area contributed by atoms with Gasteiger partial charge in [0.05, 0.1) is 30.7 Å². The lowest BCUT2D eigenvalue weighted by Crippen LogP contribution is -2.51. The summed E-state index contributed by atoms with van der Waals surface area (Å²) in [6, 6.07) is 11.0. The molecule has 210 valence electrons. The average molecular weight is 573 g/mol. The van der Waals surface area contributed by atoms with Crippen LogP contribution in [0.25, 0.3) is 11.4 Å². The molecule has 1 unspecified atom stereocenters. The molecule has 4 aromatic rings. The number of anilines is 2. The Morgan fingerprint density at radius 2 is 1.88 bits per heavy atom. The van der Waals surface area contributed by atoms with Gasteiger partial charge in [0.2, 0.25) is 5.88 Å². The molecule has 1 N–H and O–H groups in total. The molecule has 6 rings (SSSR count). The monoisotopic (exact) mass is 572 g/mol. The average Bonchev–Trinajstić information content (AvgIpc) is 3.54. The molecule has 41 heavy (non-hydrogen) atoms. The standard InChI is InChI=1S/C30H29ClN6O4/c1-7-41-29-32-14-19(26(35-29)40-6)25-34-23-24(36(25)15(2)3)30(20-11-8-16(4)12-21(20)33-28(30)39)37(27(23)38)22-13-18(31)10-9-17(22)5/h8-15H,7H2,1-6H3,(H,33,39). The number of imidazole rings is 1. The Bertz CT molecular complexity index is 1750. The number of carbonyl (C=O) groups excluding carboxylic acids is 2. The molecule has 10 nitrogen and oxygen atoms in total. The van der Waals surface area contributed by atoms with Crippen LogP contribution >= 0.6 is 11.6 Å². The van der Waals surface area contributed by atoms with Crippen molar-refractivity contribution < 1.29 is 19.1 Å². The van der Waals surface area contributed by atoms with Gasteiger partial charge in [0.1, 0.15) is 5.82 Å². The van der Waals surface area contributed by atoms with Crippen molar-refractivity contribution in [1.29, 1.82) is 0 Å². The molecule has 2 aliphatic heterocycles. The highest BCUT2D eigenvalue weighted by molar-refractivity contribution is 6.31. The zero-order valence-corrected chi connectivity index (χ0v) is 24.3. The van der Waals surface area contributed by atoms with E-state index in [0.717, 1.165) is 11.1 Å². The van der Waals surface area contributed by atoms with Gasteiger partial charge in [-0.15, -0.1) is 0 Å². The van der Waals surface area contributed by atoms with Crippen molar-refractivity contribution in [3.8, 4) is 23.3 Å². The second kappa shape index (κ2) is 9.59. The highest BCUT2D eigenvalue weighted by atomic mass is 35.5. The van der Waals surface area contributed by atoms with E-state index in [-0.39, 0.29) is 29.5 Å². The number of nitrogens with one attached hydrogen (secondary N) is 1. The molecule has 2 amide bonds. The topological polar surface area (TPSA) is 111 Å². The van der Waals surface area contributed by atoms with Gasteiger partial charge in [0.15, 0.2) is 11.2 Å². The summed E-state index contributed by atoms with van der Waals surface area (Å²) in [6.07, 6.45) is 1.56. The Morgan fingerprint density at radius 3 is 2.59 bits per heavy atom. The Kier molecular flexibility index (Phi) is 6.26. The fourth-order valence-corrected chi connectivity index (χ4v) is 5.99. The molecule has 0 radical (unpaired) electrons. The number of carbonyl (C=O) groups is 2. The number of amides is 2. The first kappa shape index (κ1) is 26.8. The molecule has 1 spiro atoms. The number of nitrogens with zero attached hydrogens (tertiary/aromatic N) is 5. The van der Waals surface area contributed by atoms with E-state index in [1.807, 2.05) is 63.5 Å². The van der Waals surface area contributed by atoms with Crippen LogP contribution in [0.3, 0.4) is 0 Å². The SMILES string of the molecule is CCOc1ncc(-c2nc3c(n2C(C)C)C2(C(=O)Nc4cc(C)ccc42)N(c2cc(Cl)ccc2C)C3=O)c(OC)n1. The number of ether oxygens (including phenoxy) is 2. The summed E-state index contributed by atoms with van der Waals surface area (Å²) in [5.74, 6) is -0.119. The number of hydrogen-bond acceptors (Lipinski definition) is 7. The van der Waals surface area contributed by atoms with E-state index in [0.29, 0.717) is 45.6 Å². The van der Waals surface area contributed by atoms with Crippen LogP contribution in [0.15, 0.2) is 42.6 Å².